The molecule has 0 radical (unpaired) electrons. The Bertz CT molecular complexity index is 796. The summed E-state index contributed by atoms with van der Waals surface area (Å²) in [7, 11) is 4.80. The molecule has 1 amide bonds. The van der Waals surface area contributed by atoms with Crippen molar-refractivity contribution in [3.63, 3.8) is 0 Å². The van der Waals surface area contributed by atoms with Crippen LogP contribution in [-0.4, -0.2) is 50.3 Å². The van der Waals surface area contributed by atoms with Gasteiger partial charge < -0.3 is 14.8 Å². The second-order valence-corrected chi connectivity index (χ2v) is 6.70. The third kappa shape index (κ3) is 3.59. The van der Waals surface area contributed by atoms with Gasteiger partial charge in [-0.05, 0) is 0 Å². The van der Waals surface area contributed by atoms with Crippen LogP contribution in [0.1, 0.15) is 22.9 Å². The Morgan fingerprint density at radius 3 is 2.69 bits per heavy atom. The van der Waals surface area contributed by atoms with Crippen LogP contribution in [0.4, 0.5) is 13.2 Å². The monoisotopic (exact) mass is 370 g/mol. The highest BCUT2D eigenvalue weighted by Crippen LogP contribution is 2.32. The second-order valence-electron chi connectivity index (χ2n) is 6.70. The first kappa shape index (κ1) is 18.4. The summed E-state index contributed by atoms with van der Waals surface area (Å²) in [6, 6.07) is 0. The molecule has 10 heteroatoms. The Morgan fingerprint density at radius 2 is 2.08 bits per heavy atom. The van der Waals surface area contributed by atoms with E-state index in [0.717, 1.165) is 10.4 Å². The van der Waals surface area contributed by atoms with Gasteiger partial charge in [0, 0.05) is 64.7 Å². The van der Waals surface area contributed by atoms with Crippen molar-refractivity contribution in [2.75, 3.05) is 20.1 Å². The fourth-order valence-corrected chi connectivity index (χ4v) is 3.38. The van der Waals surface area contributed by atoms with E-state index in [4.69, 9.17) is 0 Å². The maximum atomic E-state index is 13.1. The van der Waals surface area contributed by atoms with E-state index in [9.17, 15) is 18.0 Å². The molecule has 2 aromatic heterocycles. The van der Waals surface area contributed by atoms with E-state index in [1.165, 1.54) is 25.2 Å². The standard InChI is InChI=1S/C16H21F3N6O/c1-23-8-13(21-9-23)11-4-20-5-12(11)15(26)24(2)6-10-7-25(3)22-14(10)16(17,18)19/h7-9,11-12,20H,4-6H2,1-3H3/t11-,12-/m1/s1. The van der Waals surface area contributed by atoms with E-state index in [1.807, 2.05) is 17.8 Å². The number of aromatic nitrogens is 4. The Balaban J connectivity index is 1.76. The predicted octanol–water partition coefficient (Wildman–Crippen LogP) is 1.13. The lowest BCUT2D eigenvalue weighted by atomic mass is 9.92. The molecule has 142 valence electrons. The first-order valence-electron chi connectivity index (χ1n) is 8.20. The summed E-state index contributed by atoms with van der Waals surface area (Å²) in [6.07, 6.45) is 0.284. The van der Waals surface area contributed by atoms with Crippen LogP contribution in [0.5, 0.6) is 0 Å². The van der Waals surface area contributed by atoms with Gasteiger partial charge in [-0.1, -0.05) is 0 Å². The number of nitrogens with one attached hydrogen (secondary N) is 1. The lowest BCUT2D eigenvalue weighted by Crippen LogP contribution is -2.36. The molecule has 1 fully saturated rings. The Labute approximate surface area is 148 Å². The average molecular weight is 370 g/mol. The van der Waals surface area contributed by atoms with Crippen LogP contribution < -0.4 is 5.32 Å². The highest BCUT2D eigenvalue weighted by Gasteiger charge is 2.39. The smallest absolute Gasteiger partial charge is 0.341 e. The van der Waals surface area contributed by atoms with Crippen LogP contribution in [0.15, 0.2) is 18.7 Å². The summed E-state index contributed by atoms with van der Waals surface area (Å²) in [5.74, 6) is -0.661. The largest absolute Gasteiger partial charge is 0.435 e. The molecule has 26 heavy (non-hydrogen) atoms. The number of carbonyl (C=O) groups excluding carboxylic acids is 1. The van der Waals surface area contributed by atoms with E-state index < -0.39 is 11.9 Å². The van der Waals surface area contributed by atoms with Gasteiger partial charge in [0.05, 0.1) is 17.9 Å². The number of aryl methyl sites for hydroxylation is 2. The van der Waals surface area contributed by atoms with E-state index in [2.05, 4.69) is 15.4 Å². The minimum atomic E-state index is -4.55. The zero-order valence-corrected chi connectivity index (χ0v) is 14.8. The molecule has 0 bridgehead atoms. The molecule has 1 saturated heterocycles. The molecule has 1 N–H and O–H groups in total. The van der Waals surface area contributed by atoms with Gasteiger partial charge in [0.25, 0.3) is 0 Å². The minimum absolute atomic E-state index is 0.0174. The average Bonchev–Trinajstić information content (AvgIpc) is 3.25. The van der Waals surface area contributed by atoms with E-state index in [0.29, 0.717) is 13.1 Å². The van der Waals surface area contributed by atoms with Gasteiger partial charge in [-0.3, -0.25) is 9.48 Å². The summed E-state index contributed by atoms with van der Waals surface area (Å²) >= 11 is 0. The first-order valence-corrected chi connectivity index (χ1v) is 8.20. The Morgan fingerprint density at radius 1 is 1.35 bits per heavy atom. The number of nitrogens with zero attached hydrogens (tertiary/aromatic N) is 5. The molecule has 0 unspecified atom stereocenters. The Kier molecular flexibility index (Phi) is 4.78. The fraction of sp³-hybridized carbons (Fsp3) is 0.562. The molecular formula is C16H21F3N6O. The SMILES string of the molecule is CN(Cc1cn(C)nc1C(F)(F)F)C(=O)[C@@H]1CNC[C@H]1c1cn(C)cn1. The van der Waals surface area contributed by atoms with Crippen LogP contribution in [0.25, 0.3) is 0 Å². The molecule has 7 nitrogen and oxygen atoms in total. The molecule has 0 spiro atoms. The Hall–Kier alpha value is -2.36. The first-order chi connectivity index (χ1) is 12.2. The van der Waals surface area contributed by atoms with Gasteiger partial charge in [-0.2, -0.15) is 18.3 Å². The number of carbonyl (C=O) groups is 1. The maximum Gasteiger partial charge on any atom is 0.435 e. The molecule has 0 aromatic carbocycles. The molecule has 1 aliphatic heterocycles. The molecular weight excluding hydrogens is 349 g/mol. The van der Waals surface area contributed by atoms with Gasteiger partial charge in [0.15, 0.2) is 5.69 Å². The van der Waals surface area contributed by atoms with Crippen molar-refractivity contribution < 1.29 is 18.0 Å². The van der Waals surface area contributed by atoms with Crippen molar-refractivity contribution >= 4 is 5.91 Å². The molecule has 2 aromatic rings. The second kappa shape index (κ2) is 6.75. The summed E-state index contributed by atoms with van der Waals surface area (Å²) in [5, 5.41) is 6.66. The van der Waals surface area contributed by atoms with Crippen molar-refractivity contribution in [1.82, 2.24) is 29.5 Å². The van der Waals surface area contributed by atoms with Gasteiger partial charge >= 0.3 is 6.18 Å². The minimum Gasteiger partial charge on any atom is -0.341 e. The van der Waals surface area contributed by atoms with Crippen molar-refractivity contribution in [3.05, 3.63) is 35.7 Å². The zero-order chi connectivity index (χ0) is 19.1. The predicted molar refractivity (Wildman–Crippen MR) is 87.0 cm³/mol. The molecule has 1 aliphatic rings. The van der Waals surface area contributed by atoms with Crippen LogP contribution in [0, 0.1) is 5.92 Å². The van der Waals surface area contributed by atoms with E-state index in [-0.39, 0.29) is 29.9 Å². The number of amides is 1. The number of hydrogen-bond acceptors (Lipinski definition) is 4. The molecule has 3 rings (SSSR count). The number of alkyl halides is 3. The fourth-order valence-electron chi connectivity index (χ4n) is 3.38. The number of rotatable bonds is 4. The zero-order valence-electron chi connectivity index (χ0n) is 14.8. The van der Waals surface area contributed by atoms with E-state index >= 15 is 0 Å². The quantitative estimate of drug-likeness (QED) is 0.876. The van der Waals surface area contributed by atoms with Crippen molar-refractivity contribution in [3.8, 4) is 0 Å². The molecule has 2 atom stereocenters. The molecule has 0 saturated carbocycles. The number of halogens is 3. The van der Waals surface area contributed by atoms with Crippen molar-refractivity contribution in [1.29, 1.82) is 0 Å². The lowest BCUT2D eigenvalue weighted by molar-refractivity contribution is -0.143. The van der Waals surface area contributed by atoms with Crippen LogP contribution in [-0.2, 0) is 31.6 Å². The van der Waals surface area contributed by atoms with Crippen LogP contribution >= 0.6 is 0 Å². The summed E-state index contributed by atoms with van der Waals surface area (Å²) < 4.78 is 42.2. The van der Waals surface area contributed by atoms with Crippen LogP contribution in [0.2, 0.25) is 0 Å². The summed E-state index contributed by atoms with van der Waals surface area (Å²) in [5.41, 5.74) is -0.164. The van der Waals surface area contributed by atoms with Gasteiger partial charge in [-0.25, -0.2) is 4.98 Å². The van der Waals surface area contributed by atoms with E-state index in [1.54, 1.807) is 6.33 Å². The van der Waals surface area contributed by atoms with Gasteiger partial charge in [0.2, 0.25) is 5.91 Å². The summed E-state index contributed by atoms with van der Waals surface area (Å²) in [6.45, 7) is 0.943. The number of imidazole rings is 1. The van der Waals surface area contributed by atoms with Gasteiger partial charge in [-0.15, -0.1) is 0 Å². The molecule has 3 heterocycles. The highest BCUT2D eigenvalue weighted by molar-refractivity contribution is 5.80. The van der Waals surface area contributed by atoms with Crippen LogP contribution in [0.3, 0.4) is 0 Å². The topological polar surface area (TPSA) is 68.0 Å². The highest BCUT2D eigenvalue weighted by atomic mass is 19.4. The number of hydrogen-bond donors (Lipinski definition) is 1. The lowest BCUT2D eigenvalue weighted by Gasteiger charge is -2.24. The maximum absolute atomic E-state index is 13.1. The van der Waals surface area contributed by atoms with Gasteiger partial charge in [0.1, 0.15) is 0 Å². The summed E-state index contributed by atoms with van der Waals surface area (Å²) in [4.78, 5) is 18.5. The third-order valence-electron chi connectivity index (χ3n) is 4.59. The van der Waals surface area contributed by atoms with Crippen molar-refractivity contribution in [2.45, 2.75) is 18.6 Å². The van der Waals surface area contributed by atoms with Crippen molar-refractivity contribution in [2.24, 2.45) is 20.0 Å². The third-order valence-corrected chi connectivity index (χ3v) is 4.59. The molecule has 0 aliphatic carbocycles. The normalized spacial score (nSPS) is 20.5.